The number of hydrogen-bond acceptors (Lipinski definition) is 6. The fourth-order valence-corrected chi connectivity index (χ4v) is 6.97. The summed E-state index contributed by atoms with van der Waals surface area (Å²) >= 11 is 6.29. The van der Waals surface area contributed by atoms with Crippen LogP contribution in [0.5, 0.6) is 0 Å². The van der Waals surface area contributed by atoms with Crippen molar-refractivity contribution in [2.24, 2.45) is 16.8 Å². The Morgan fingerprint density at radius 2 is 1.61 bits per heavy atom. The molecule has 1 saturated heterocycles. The summed E-state index contributed by atoms with van der Waals surface area (Å²) < 4.78 is 25.5. The van der Waals surface area contributed by atoms with Crippen LogP contribution >= 0.6 is 19.2 Å². The summed E-state index contributed by atoms with van der Waals surface area (Å²) in [5.74, 6) is -2.99. The number of nitrogens with zero attached hydrogens (tertiary/aromatic N) is 2. The Labute approximate surface area is 185 Å². The number of imide groups is 1. The van der Waals surface area contributed by atoms with Crippen LogP contribution in [0.25, 0.3) is 0 Å². The highest BCUT2D eigenvalue weighted by Crippen LogP contribution is 2.72. The van der Waals surface area contributed by atoms with Gasteiger partial charge in [0.05, 0.1) is 35.8 Å². The SMILES string of the molecule is CCOP(=O)(OCC)C1(c2ccccc2)N=CC2C(=O)N(c3ccccc3Cl)C(=O)C21. The maximum atomic E-state index is 14.2. The molecule has 162 valence electrons. The van der Waals surface area contributed by atoms with E-state index in [9.17, 15) is 14.2 Å². The third-order valence-electron chi connectivity index (χ3n) is 5.52. The van der Waals surface area contributed by atoms with Gasteiger partial charge in [0, 0.05) is 6.21 Å². The van der Waals surface area contributed by atoms with E-state index in [4.69, 9.17) is 20.6 Å². The first-order valence-corrected chi connectivity index (χ1v) is 12.0. The Hall–Kier alpha value is -2.31. The fraction of sp³-hybridized carbons (Fsp3) is 0.318. The van der Waals surface area contributed by atoms with Gasteiger partial charge in [-0.05, 0) is 31.5 Å². The molecule has 2 aliphatic heterocycles. The molecule has 0 bridgehead atoms. The minimum absolute atomic E-state index is 0.0924. The Kier molecular flexibility index (Phi) is 5.88. The Morgan fingerprint density at radius 1 is 1.00 bits per heavy atom. The summed E-state index contributed by atoms with van der Waals surface area (Å²) in [7, 11) is -4.01. The van der Waals surface area contributed by atoms with Gasteiger partial charge in [-0.25, -0.2) is 4.90 Å². The van der Waals surface area contributed by atoms with Crippen LogP contribution < -0.4 is 4.90 Å². The Bertz CT molecular complexity index is 1080. The summed E-state index contributed by atoms with van der Waals surface area (Å²) in [4.78, 5) is 32.6. The van der Waals surface area contributed by atoms with Crippen molar-refractivity contribution in [3.8, 4) is 0 Å². The summed E-state index contributed by atoms with van der Waals surface area (Å²) in [6, 6.07) is 15.4. The molecule has 0 radical (unpaired) electrons. The van der Waals surface area contributed by atoms with Crippen LogP contribution in [0.3, 0.4) is 0 Å². The van der Waals surface area contributed by atoms with Gasteiger partial charge in [0.15, 0.2) is 5.28 Å². The fourth-order valence-electron chi connectivity index (χ4n) is 4.32. The molecule has 0 aliphatic carbocycles. The monoisotopic (exact) mass is 460 g/mol. The number of amides is 2. The molecule has 31 heavy (non-hydrogen) atoms. The average molecular weight is 461 g/mol. The number of aliphatic imine (C=N–C) groups is 1. The molecule has 0 spiro atoms. The van der Waals surface area contributed by atoms with E-state index in [1.807, 2.05) is 0 Å². The van der Waals surface area contributed by atoms with Gasteiger partial charge in [-0.2, -0.15) is 0 Å². The van der Waals surface area contributed by atoms with Crippen LogP contribution in [0.15, 0.2) is 59.6 Å². The number of rotatable bonds is 7. The molecular weight excluding hydrogens is 439 g/mol. The topological polar surface area (TPSA) is 85.3 Å². The first-order chi connectivity index (χ1) is 14.9. The largest absolute Gasteiger partial charge is 0.363 e. The number of anilines is 1. The highest BCUT2D eigenvalue weighted by molar-refractivity contribution is 7.55. The van der Waals surface area contributed by atoms with Crippen molar-refractivity contribution in [3.05, 3.63) is 65.2 Å². The third-order valence-corrected chi connectivity index (χ3v) is 8.53. The predicted molar refractivity (Wildman–Crippen MR) is 118 cm³/mol. The van der Waals surface area contributed by atoms with Crippen molar-refractivity contribution in [2.45, 2.75) is 19.1 Å². The second kappa shape index (κ2) is 8.32. The average Bonchev–Trinajstić information content (AvgIpc) is 3.28. The van der Waals surface area contributed by atoms with Crippen LogP contribution in [-0.2, 0) is 28.5 Å². The maximum Gasteiger partial charge on any atom is 0.363 e. The molecule has 0 saturated carbocycles. The van der Waals surface area contributed by atoms with Gasteiger partial charge in [0.2, 0.25) is 11.8 Å². The summed E-state index contributed by atoms with van der Waals surface area (Å²) in [5, 5.41) is -1.41. The molecular formula is C22H22ClN2O5P. The highest BCUT2D eigenvalue weighted by atomic mass is 35.5. The first-order valence-electron chi connectivity index (χ1n) is 10.0. The van der Waals surface area contributed by atoms with Gasteiger partial charge in [0.25, 0.3) is 0 Å². The molecule has 1 fully saturated rings. The molecule has 2 aliphatic rings. The number of fused-ring (bicyclic) bond motifs is 1. The minimum atomic E-state index is -4.01. The quantitative estimate of drug-likeness (QED) is 0.443. The molecule has 2 aromatic rings. The van der Waals surface area contributed by atoms with Crippen molar-refractivity contribution in [3.63, 3.8) is 0 Å². The zero-order valence-electron chi connectivity index (χ0n) is 17.1. The molecule has 3 atom stereocenters. The summed E-state index contributed by atoms with van der Waals surface area (Å²) in [6.45, 7) is 3.57. The zero-order valence-corrected chi connectivity index (χ0v) is 18.8. The lowest BCUT2D eigenvalue weighted by molar-refractivity contribution is -0.123. The molecule has 2 amide bonds. The second-order valence-corrected chi connectivity index (χ2v) is 9.77. The lowest BCUT2D eigenvalue weighted by atomic mass is 9.87. The molecule has 7 nitrogen and oxygen atoms in total. The Balaban J connectivity index is 1.92. The number of carbonyl (C=O) groups excluding carboxylic acids is 2. The van der Waals surface area contributed by atoms with Crippen molar-refractivity contribution >= 4 is 42.9 Å². The van der Waals surface area contributed by atoms with Gasteiger partial charge < -0.3 is 9.05 Å². The summed E-state index contributed by atoms with van der Waals surface area (Å²) in [6.07, 6.45) is 1.40. The van der Waals surface area contributed by atoms with E-state index in [1.54, 1.807) is 68.4 Å². The van der Waals surface area contributed by atoms with E-state index in [0.29, 0.717) is 5.56 Å². The van der Waals surface area contributed by atoms with Crippen LogP contribution in [0.1, 0.15) is 19.4 Å². The van der Waals surface area contributed by atoms with E-state index < -0.39 is 36.5 Å². The van der Waals surface area contributed by atoms with E-state index in [2.05, 4.69) is 4.99 Å². The smallest absolute Gasteiger partial charge is 0.307 e. The van der Waals surface area contributed by atoms with E-state index in [-0.39, 0.29) is 23.9 Å². The minimum Gasteiger partial charge on any atom is -0.307 e. The van der Waals surface area contributed by atoms with Crippen molar-refractivity contribution in [1.82, 2.24) is 0 Å². The lowest BCUT2D eigenvalue weighted by Crippen LogP contribution is -2.40. The van der Waals surface area contributed by atoms with Gasteiger partial charge >= 0.3 is 7.60 Å². The molecule has 3 unspecified atom stereocenters. The molecule has 2 heterocycles. The van der Waals surface area contributed by atoms with Crippen LogP contribution in [0.2, 0.25) is 5.02 Å². The molecule has 0 aromatic heterocycles. The third kappa shape index (κ3) is 3.19. The van der Waals surface area contributed by atoms with Gasteiger partial charge in [-0.3, -0.25) is 19.1 Å². The predicted octanol–water partition coefficient (Wildman–Crippen LogP) is 4.65. The van der Waals surface area contributed by atoms with Crippen LogP contribution in [0.4, 0.5) is 5.69 Å². The number of hydrogen-bond donors (Lipinski definition) is 0. The summed E-state index contributed by atoms with van der Waals surface area (Å²) in [5.41, 5.74) is 0.776. The number of carbonyl (C=O) groups is 2. The molecule has 4 rings (SSSR count). The highest BCUT2D eigenvalue weighted by Gasteiger charge is 2.69. The molecule has 9 heteroatoms. The van der Waals surface area contributed by atoms with Crippen molar-refractivity contribution in [2.75, 3.05) is 18.1 Å². The number of benzene rings is 2. The molecule has 2 aromatic carbocycles. The second-order valence-electron chi connectivity index (χ2n) is 7.17. The zero-order chi connectivity index (χ0) is 22.2. The number of para-hydroxylation sites is 1. The van der Waals surface area contributed by atoms with E-state index in [1.165, 1.54) is 6.21 Å². The van der Waals surface area contributed by atoms with Gasteiger partial charge in [-0.15, -0.1) is 0 Å². The van der Waals surface area contributed by atoms with Crippen molar-refractivity contribution < 1.29 is 23.2 Å². The van der Waals surface area contributed by atoms with E-state index >= 15 is 0 Å². The maximum absolute atomic E-state index is 14.2. The van der Waals surface area contributed by atoms with Crippen LogP contribution in [-0.4, -0.2) is 31.2 Å². The molecule has 0 N–H and O–H groups in total. The van der Waals surface area contributed by atoms with E-state index in [0.717, 1.165) is 4.90 Å². The van der Waals surface area contributed by atoms with Crippen molar-refractivity contribution in [1.29, 1.82) is 0 Å². The number of halogens is 1. The van der Waals surface area contributed by atoms with Crippen LogP contribution in [0, 0.1) is 11.8 Å². The standard InChI is InChI=1S/C22H22ClN2O5P/c1-3-29-31(28,30-4-2)22(15-10-6-5-7-11-15)19-16(14-24-22)20(26)25(21(19)27)18-13-9-8-12-17(18)23/h5-14,16,19H,3-4H2,1-2H3. The van der Waals surface area contributed by atoms with Gasteiger partial charge in [0.1, 0.15) is 0 Å². The van der Waals surface area contributed by atoms with Gasteiger partial charge in [-0.1, -0.05) is 54.1 Å². The lowest BCUT2D eigenvalue weighted by Gasteiger charge is -2.37. The normalized spacial score (nSPS) is 25.3. The Morgan fingerprint density at radius 3 is 2.23 bits per heavy atom. The first kappa shape index (κ1) is 21.9.